The molecule has 260 valence electrons. The van der Waals surface area contributed by atoms with Crippen LogP contribution in [-0.4, -0.2) is 24.6 Å². The van der Waals surface area contributed by atoms with Crippen molar-refractivity contribution in [2.75, 3.05) is 6.61 Å². The maximum absolute atomic E-state index is 7.57. The van der Waals surface area contributed by atoms with E-state index in [1.54, 1.807) is 0 Å². The Kier molecular flexibility index (Phi) is 28.2. The van der Waals surface area contributed by atoms with Crippen LogP contribution in [0.5, 0.6) is 0 Å². The van der Waals surface area contributed by atoms with Gasteiger partial charge in [0.05, 0.1) is 6.61 Å². The van der Waals surface area contributed by atoms with Crippen molar-refractivity contribution in [3.05, 3.63) is 48.6 Å². The van der Waals surface area contributed by atoms with E-state index in [4.69, 9.17) is 20.6 Å². The molecule has 0 saturated carbocycles. The highest BCUT2D eigenvalue weighted by Crippen LogP contribution is 2.34. The van der Waals surface area contributed by atoms with Crippen molar-refractivity contribution < 1.29 is 9.47 Å². The van der Waals surface area contributed by atoms with Crippen LogP contribution in [0.3, 0.4) is 0 Å². The van der Waals surface area contributed by atoms with E-state index in [-0.39, 0.29) is 12.2 Å². The first kappa shape index (κ1) is 41.2. The Morgan fingerprint density at radius 1 is 0.600 bits per heavy atom. The Bertz CT molecular complexity index is 740. The van der Waals surface area contributed by atoms with Crippen LogP contribution in [-0.2, 0) is 9.47 Å². The van der Waals surface area contributed by atoms with Gasteiger partial charge in [0.2, 0.25) is 0 Å². The van der Waals surface area contributed by atoms with E-state index in [9.17, 15) is 0 Å². The number of nitrogens with one attached hydrogen (secondary N) is 2. The Morgan fingerprint density at radius 2 is 0.978 bits per heavy atom. The van der Waals surface area contributed by atoms with Gasteiger partial charge in [-0.05, 0) is 77.0 Å². The topological polar surface area (TPSA) is 80.4 Å². The Hall–Kier alpha value is -1.85. The van der Waals surface area contributed by atoms with Crippen molar-refractivity contribution in [2.45, 2.75) is 193 Å². The molecule has 0 aromatic carbocycles. The smallest absolute Gasteiger partial charge is 0.187 e. The summed E-state index contributed by atoms with van der Waals surface area (Å²) in [5, 5.41) is 10.5. The number of unbranched alkanes of at least 4 members (excludes halogenated alkanes) is 18. The number of allylic oxidation sites excluding steroid dienone is 8. The number of ether oxygens (including phenoxy) is 2. The fraction of sp³-hybridized carbons (Fsp3) is 0.775. The van der Waals surface area contributed by atoms with Crippen LogP contribution >= 0.6 is 0 Å². The molecule has 1 aliphatic rings. The summed E-state index contributed by atoms with van der Waals surface area (Å²) >= 11 is 0. The minimum absolute atomic E-state index is 0.0539. The zero-order chi connectivity index (χ0) is 32.5. The molecule has 1 aliphatic heterocycles. The molecule has 5 nitrogen and oxygen atoms in total. The van der Waals surface area contributed by atoms with Gasteiger partial charge in [0.15, 0.2) is 18.0 Å². The van der Waals surface area contributed by atoms with Gasteiger partial charge in [-0.3, -0.25) is 5.41 Å². The molecule has 0 radical (unpaired) electrons. The molecule has 1 rings (SSSR count). The lowest BCUT2D eigenvalue weighted by Gasteiger charge is -2.28. The lowest BCUT2D eigenvalue weighted by molar-refractivity contribution is -0.180. The minimum Gasteiger partial charge on any atom is -0.370 e. The number of hydrogen-bond donors (Lipinski definition) is 3. The van der Waals surface area contributed by atoms with Crippen molar-refractivity contribution in [3.63, 3.8) is 0 Å². The highest BCUT2D eigenvalue weighted by atomic mass is 16.8. The quantitative estimate of drug-likeness (QED) is 0.0309. The maximum Gasteiger partial charge on any atom is 0.187 e. The minimum atomic E-state index is -0.516. The average molecular weight is 628 g/mol. The summed E-state index contributed by atoms with van der Waals surface area (Å²) < 4.78 is 12.6. The second kappa shape index (κ2) is 30.8. The van der Waals surface area contributed by atoms with Gasteiger partial charge in [0.1, 0.15) is 0 Å². The molecule has 4 N–H and O–H groups in total. The Balaban J connectivity index is 2.13. The van der Waals surface area contributed by atoms with Crippen molar-refractivity contribution in [1.82, 2.24) is 5.32 Å². The zero-order valence-electron chi connectivity index (χ0n) is 29.7. The monoisotopic (exact) mass is 628 g/mol. The van der Waals surface area contributed by atoms with Gasteiger partial charge in [-0.2, -0.15) is 0 Å². The van der Waals surface area contributed by atoms with Gasteiger partial charge < -0.3 is 20.5 Å². The van der Waals surface area contributed by atoms with Crippen molar-refractivity contribution in [3.8, 4) is 0 Å². The highest BCUT2D eigenvalue weighted by molar-refractivity contribution is 5.74. The van der Waals surface area contributed by atoms with E-state index in [1.807, 2.05) is 0 Å². The van der Waals surface area contributed by atoms with E-state index in [0.717, 1.165) is 38.5 Å². The molecule has 0 aromatic rings. The van der Waals surface area contributed by atoms with Gasteiger partial charge in [0, 0.05) is 12.8 Å². The molecule has 0 spiro atoms. The van der Waals surface area contributed by atoms with Crippen molar-refractivity contribution in [1.29, 1.82) is 5.41 Å². The first-order valence-electron chi connectivity index (χ1n) is 19.1. The zero-order valence-corrected chi connectivity index (χ0v) is 29.7. The summed E-state index contributed by atoms with van der Waals surface area (Å²) in [5.41, 5.74) is 5.56. The van der Waals surface area contributed by atoms with Gasteiger partial charge in [-0.1, -0.05) is 140 Å². The van der Waals surface area contributed by atoms with E-state index < -0.39 is 5.79 Å². The third-order valence-electron chi connectivity index (χ3n) is 8.69. The fourth-order valence-corrected chi connectivity index (χ4v) is 5.95. The molecule has 1 atom stereocenters. The second-order valence-electron chi connectivity index (χ2n) is 13.1. The summed E-state index contributed by atoms with van der Waals surface area (Å²) in [6.45, 7) is 4.98. The largest absolute Gasteiger partial charge is 0.370 e. The van der Waals surface area contributed by atoms with Crippen molar-refractivity contribution >= 4 is 5.96 Å². The number of rotatable bonds is 31. The van der Waals surface area contributed by atoms with Crippen LogP contribution in [0.1, 0.15) is 181 Å². The SMILES string of the molecule is CCCCC/C=C\C/C=C\CCCCCCCCC1(CCCCCCCC/C=C\C/C=C\CCCCC)OCC(NC(=N)N)O1. The van der Waals surface area contributed by atoms with E-state index >= 15 is 0 Å². The van der Waals surface area contributed by atoms with Crippen LogP contribution in [0.4, 0.5) is 0 Å². The molecule has 1 heterocycles. The third kappa shape index (κ3) is 26.0. The van der Waals surface area contributed by atoms with Crippen LogP contribution < -0.4 is 11.1 Å². The van der Waals surface area contributed by atoms with Crippen LogP contribution in [0.25, 0.3) is 0 Å². The van der Waals surface area contributed by atoms with E-state index in [1.165, 1.54) is 128 Å². The molecule has 0 aliphatic carbocycles. The average Bonchev–Trinajstić information content (AvgIpc) is 3.42. The van der Waals surface area contributed by atoms with Gasteiger partial charge in [0.25, 0.3) is 0 Å². The number of guanidine groups is 1. The summed E-state index contributed by atoms with van der Waals surface area (Å²) in [6.07, 6.45) is 50.2. The normalized spacial score (nSPS) is 16.7. The second-order valence-corrected chi connectivity index (χ2v) is 13.1. The molecule has 1 fully saturated rings. The van der Waals surface area contributed by atoms with Gasteiger partial charge in [-0.15, -0.1) is 0 Å². The first-order valence-corrected chi connectivity index (χ1v) is 19.1. The molecule has 0 aromatic heterocycles. The van der Waals surface area contributed by atoms with Gasteiger partial charge >= 0.3 is 0 Å². The van der Waals surface area contributed by atoms with Crippen LogP contribution in [0, 0.1) is 5.41 Å². The summed E-state index contributed by atoms with van der Waals surface area (Å²) in [7, 11) is 0. The molecule has 0 bridgehead atoms. The molecule has 1 unspecified atom stereocenters. The summed E-state index contributed by atoms with van der Waals surface area (Å²) in [6, 6.07) is 0. The summed E-state index contributed by atoms with van der Waals surface area (Å²) in [4.78, 5) is 0. The predicted octanol–water partition coefficient (Wildman–Crippen LogP) is 11.9. The summed E-state index contributed by atoms with van der Waals surface area (Å²) in [5.74, 6) is -0.570. The van der Waals surface area contributed by atoms with E-state index in [0.29, 0.717) is 6.61 Å². The Morgan fingerprint density at radius 3 is 1.38 bits per heavy atom. The lowest BCUT2D eigenvalue weighted by atomic mass is 9.98. The fourth-order valence-electron chi connectivity index (χ4n) is 5.95. The van der Waals surface area contributed by atoms with E-state index in [2.05, 4.69) is 67.8 Å². The molecule has 1 saturated heterocycles. The molecule has 45 heavy (non-hydrogen) atoms. The maximum atomic E-state index is 7.57. The molecule has 0 amide bonds. The molecular formula is C40H73N3O2. The first-order chi connectivity index (χ1) is 22.1. The number of hydrogen-bond acceptors (Lipinski definition) is 3. The highest BCUT2D eigenvalue weighted by Gasteiger charge is 2.40. The standard InChI is InChI=1S/C40H73N3O2/c1-3-5-7-9-11-13-15-17-19-21-23-25-27-29-31-33-35-40(44-37-38(45-40)43-39(41)42)36-34-32-30-28-26-24-22-20-18-16-14-12-10-8-6-4-2/h11-14,17-20,38H,3-10,15-16,21-37H2,1-2H3,(H4,41,42,43)/b13-11-,14-12-,19-17-,20-18-. The third-order valence-corrected chi connectivity index (χ3v) is 8.69. The lowest BCUT2D eigenvalue weighted by Crippen LogP contribution is -2.42. The van der Waals surface area contributed by atoms with Crippen LogP contribution in [0.15, 0.2) is 48.6 Å². The van der Waals surface area contributed by atoms with Crippen LogP contribution in [0.2, 0.25) is 0 Å². The van der Waals surface area contributed by atoms with Crippen molar-refractivity contribution in [2.24, 2.45) is 5.73 Å². The predicted molar refractivity (Wildman–Crippen MR) is 197 cm³/mol. The Labute approximate surface area is 279 Å². The number of nitrogens with two attached hydrogens (primary N) is 1. The van der Waals surface area contributed by atoms with Gasteiger partial charge in [-0.25, -0.2) is 0 Å². The molecular weight excluding hydrogens is 554 g/mol. The molecule has 5 heteroatoms.